The molecule has 1 rings (SSSR count). The Labute approximate surface area is 114 Å². The lowest BCUT2D eigenvalue weighted by Gasteiger charge is -2.13. The van der Waals surface area contributed by atoms with Crippen LogP contribution in [0.2, 0.25) is 0 Å². The highest BCUT2D eigenvalue weighted by atomic mass is 16.5. The molecular formula is C15H23NO3. The van der Waals surface area contributed by atoms with E-state index in [1.54, 1.807) is 0 Å². The highest BCUT2D eigenvalue weighted by Gasteiger charge is 2.08. The smallest absolute Gasteiger partial charge is 0.319 e. The van der Waals surface area contributed by atoms with Crippen molar-refractivity contribution in [3.8, 4) is 0 Å². The van der Waals surface area contributed by atoms with Gasteiger partial charge >= 0.3 is 5.97 Å². The molecule has 106 valence electrons. The van der Waals surface area contributed by atoms with Crippen molar-refractivity contribution in [3.05, 3.63) is 35.4 Å². The number of methoxy groups -OCH3 is 1. The van der Waals surface area contributed by atoms with Gasteiger partial charge in [0.25, 0.3) is 0 Å². The first-order chi connectivity index (χ1) is 9.02. The minimum atomic E-state index is -0.613. The summed E-state index contributed by atoms with van der Waals surface area (Å²) in [6, 6.07) is 7.95. The summed E-state index contributed by atoms with van der Waals surface area (Å²) >= 11 is 0. The average molecular weight is 265 g/mol. The molecule has 0 saturated carbocycles. The van der Waals surface area contributed by atoms with Gasteiger partial charge < -0.3 is 15.2 Å². The highest BCUT2D eigenvalue weighted by molar-refractivity contribution is 5.71. The number of hydrogen-bond acceptors (Lipinski definition) is 4. The minimum Gasteiger partial charge on any atom is -0.468 e. The van der Waals surface area contributed by atoms with Crippen LogP contribution in [0.25, 0.3) is 0 Å². The molecule has 1 aromatic carbocycles. The zero-order valence-electron chi connectivity index (χ0n) is 11.8. The van der Waals surface area contributed by atoms with E-state index in [-0.39, 0.29) is 12.5 Å². The fourth-order valence-electron chi connectivity index (χ4n) is 1.85. The Kier molecular flexibility index (Phi) is 6.53. The Balaban J connectivity index is 2.44. The number of ether oxygens (including phenoxy) is 1. The molecule has 0 bridgehead atoms. The van der Waals surface area contributed by atoms with Gasteiger partial charge in [0.1, 0.15) is 0 Å². The van der Waals surface area contributed by atoms with Gasteiger partial charge in [-0.05, 0) is 23.5 Å². The predicted octanol–water partition coefficient (Wildman–Crippen LogP) is 1.68. The molecule has 4 nitrogen and oxygen atoms in total. The van der Waals surface area contributed by atoms with Crippen molar-refractivity contribution in [1.82, 2.24) is 5.32 Å². The van der Waals surface area contributed by atoms with E-state index in [0.717, 1.165) is 12.0 Å². The SMILES string of the molecule is COC(=O)CNCC(O)c1ccc(CC(C)C)cc1. The Morgan fingerprint density at radius 3 is 2.47 bits per heavy atom. The maximum Gasteiger partial charge on any atom is 0.319 e. The summed E-state index contributed by atoms with van der Waals surface area (Å²) in [7, 11) is 1.34. The van der Waals surface area contributed by atoms with Crippen LogP contribution in [0.4, 0.5) is 0 Å². The Bertz CT molecular complexity index is 387. The first kappa shape index (κ1) is 15.7. The summed E-state index contributed by atoms with van der Waals surface area (Å²) < 4.78 is 4.51. The fourth-order valence-corrected chi connectivity index (χ4v) is 1.85. The van der Waals surface area contributed by atoms with Crippen LogP contribution in [-0.2, 0) is 16.0 Å². The lowest BCUT2D eigenvalue weighted by atomic mass is 10.0. The third-order valence-corrected chi connectivity index (χ3v) is 2.84. The molecule has 0 aliphatic heterocycles. The largest absolute Gasteiger partial charge is 0.468 e. The number of nitrogens with one attached hydrogen (secondary N) is 1. The van der Waals surface area contributed by atoms with Crippen LogP contribution in [0.3, 0.4) is 0 Å². The van der Waals surface area contributed by atoms with Gasteiger partial charge in [0, 0.05) is 6.54 Å². The molecular weight excluding hydrogens is 242 g/mol. The van der Waals surface area contributed by atoms with Crippen LogP contribution in [-0.4, -0.2) is 31.3 Å². The molecule has 4 heteroatoms. The van der Waals surface area contributed by atoms with Crippen LogP contribution in [0.1, 0.15) is 31.1 Å². The van der Waals surface area contributed by atoms with Crippen molar-refractivity contribution >= 4 is 5.97 Å². The van der Waals surface area contributed by atoms with E-state index < -0.39 is 6.10 Å². The second-order valence-electron chi connectivity index (χ2n) is 5.06. The van der Waals surface area contributed by atoms with Gasteiger partial charge in [-0.15, -0.1) is 0 Å². The quantitative estimate of drug-likeness (QED) is 0.736. The van der Waals surface area contributed by atoms with Gasteiger partial charge in [-0.3, -0.25) is 4.79 Å². The minimum absolute atomic E-state index is 0.110. The fraction of sp³-hybridized carbons (Fsp3) is 0.533. The molecule has 0 heterocycles. The van der Waals surface area contributed by atoms with E-state index in [4.69, 9.17) is 0 Å². The number of aliphatic hydroxyl groups excluding tert-OH is 1. The molecule has 0 spiro atoms. The van der Waals surface area contributed by atoms with Crippen LogP contribution in [0, 0.1) is 5.92 Å². The summed E-state index contributed by atoms with van der Waals surface area (Å²) in [5.74, 6) is 0.289. The molecule has 0 amide bonds. The normalized spacial score (nSPS) is 12.5. The molecule has 19 heavy (non-hydrogen) atoms. The van der Waals surface area contributed by atoms with Crippen molar-refractivity contribution in [2.75, 3.05) is 20.2 Å². The second kappa shape index (κ2) is 7.92. The van der Waals surface area contributed by atoms with Gasteiger partial charge in [0.2, 0.25) is 0 Å². The van der Waals surface area contributed by atoms with Gasteiger partial charge in [-0.25, -0.2) is 0 Å². The first-order valence-corrected chi connectivity index (χ1v) is 6.57. The Morgan fingerprint density at radius 2 is 1.95 bits per heavy atom. The maximum absolute atomic E-state index is 10.9. The summed E-state index contributed by atoms with van der Waals surface area (Å²) in [5, 5.41) is 12.8. The van der Waals surface area contributed by atoms with Crippen molar-refractivity contribution in [2.24, 2.45) is 5.92 Å². The molecule has 1 unspecified atom stereocenters. The molecule has 0 fully saturated rings. The van der Waals surface area contributed by atoms with Crippen LogP contribution in [0.5, 0.6) is 0 Å². The number of rotatable bonds is 7. The van der Waals surface area contributed by atoms with E-state index in [1.165, 1.54) is 12.7 Å². The van der Waals surface area contributed by atoms with E-state index >= 15 is 0 Å². The Hall–Kier alpha value is -1.39. The zero-order chi connectivity index (χ0) is 14.3. The molecule has 0 aliphatic carbocycles. The number of benzene rings is 1. The molecule has 0 aliphatic rings. The predicted molar refractivity (Wildman–Crippen MR) is 74.8 cm³/mol. The first-order valence-electron chi connectivity index (χ1n) is 6.57. The monoisotopic (exact) mass is 265 g/mol. The third kappa shape index (κ3) is 5.85. The molecule has 1 aromatic rings. The van der Waals surface area contributed by atoms with E-state index in [0.29, 0.717) is 12.5 Å². The van der Waals surface area contributed by atoms with Crippen molar-refractivity contribution in [3.63, 3.8) is 0 Å². The van der Waals surface area contributed by atoms with E-state index in [1.807, 2.05) is 24.3 Å². The number of carbonyl (C=O) groups is 1. The number of hydrogen-bond donors (Lipinski definition) is 2. The van der Waals surface area contributed by atoms with Gasteiger partial charge in [-0.2, -0.15) is 0 Å². The molecule has 2 N–H and O–H groups in total. The van der Waals surface area contributed by atoms with E-state index in [2.05, 4.69) is 23.9 Å². The van der Waals surface area contributed by atoms with Gasteiger partial charge in [-0.1, -0.05) is 38.1 Å². The number of carbonyl (C=O) groups excluding carboxylic acids is 1. The van der Waals surface area contributed by atoms with Crippen molar-refractivity contribution in [1.29, 1.82) is 0 Å². The zero-order valence-corrected chi connectivity index (χ0v) is 11.8. The third-order valence-electron chi connectivity index (χ3n) is 2.84. The molecule has 0 radical (unpaired) electrons. The van der Waals surface area contributed by atoms with Crippen molar-refractivity contribution in [2.45, 2.75) is 26.4 Å². The molecule has 1 atom stereocenters. The molecule has 0 saturated heterocycles. The van der Waals surface area contributed by atoms with Gasteiger partial charge in [0.05, 0.1) is 19.8 Å². The summed E-state index contributed by atoms with van der Waals surface area (Å²) in [6.45, 7) is 4.80. The standard InChI is InChI=1S/C15H23NO3/c1-11(2)8-12-4-6-13(7-5-12)14(17)9-16-10-15(18)19-3/h4-7,11,14,16-17H,8-10H2,1-3H3. The number of aliphatic hydroxyl groups is 1. The van der Waals surface area contributed by atoms with Gasteiger partial charge in [0.15, 0.2) is 0 Å². The summed E-state index contributed by atoms with van der Waals surface area (Å²) in [4.78, 5) is 10.9. The summed E-state index contributed by atoms with van der Waals surface area (Å²) in [6.07, 6.45) is 0.425. The van der Waals surface area contributed by atoms with Crippen LogP contribution >= 0.6 is 0 Å². The Morgan fingerprint density at radius 1 is 1.32 bits per heavy atom. The van der Waals surface area contributed by atoms with Crippen LogP contribution < -0.4 is 5.32 Å². The lowest BCUT2D eigenvalue weighted by Crippen LogP contribution is -2.28. The second-order valence-corrected chi connectivity index (χ2v) is 5.06. The van der Waals surface area contributed by atoms with Crippen molar-refractivity contribution < 1.29 is 14.6 Å². The molecule has 0 aromatic heterocycles. The van der Waals surface area contributed by atoms with Crippen LogP contribution in [0.15, 0.2) is 24.3 Å². The maximum atomic E-state index is 10.9. The highest BCUT2D eigenvalue weighted by Crippen LogP contribution is 2.15. The topological polar surface area (TPSA) is 58.6 Å². The van der Waals surface area contributed by atoms with E-state index in [9.17, 15) is 9.90 Å². The summed E-state index contributed by atoms with van der Waals surface area (Å²) in [5.41, 5.74) is 2.12. The lowest BCUT2D eigenvalue weighted by molar-refractivity contribution is -0.139. The number of esters is 1. The average Bonchev–Trinajstić information content (AvgIpc) is 2.38.